The molecule has 0 bridgehead atoms. The molecule has 1 aliphatic carbocycles. The summed E-state index contributed by atoms with van der Waals surface area (Å²) in [5.74, 6) is 1.55. The second kappa shape index (κ2) is 7.42. The Balaban J connectivity index is 1.36. The lowest BCUT2D eigenvalue weighted by Crippen LogP contribution is -2.37. The van der Waals surface area contributed by atoms with Crippen LogP contribution in [0.15, 0.2) is 24.7 Å². The Morgan fingerprint density at radius 1 is 1.25 bits per heavy atom. The topological polar surface area (TPSA) is 120 Å². The first kappa shape index (κ1) is 18.7. The average Bonchev–Trinajstić information content (AvgIpc) is 3.29. The smallest absolute Gasteiger partial charge is 0.234 e. The fourth-order valence-electron chi connectivity index (χ4n) is 3.99. The van der Waals surface area contributed by atoms with Gasteiger partial charge in [0.1, 0.15) is 17.8 Å². The van der Waals surface area contributed by atoms with Crippen molar-refractivity contribution >= 4 is 32.7 Å². The van der Waals surface area contributed by atoms with E-state index in [1.54, 1.807) is 12.4 Å². The van der Waals surface area contributed by atoms with Gasteiger partial charge in [-0.3, -0.25) is 9.82 Å². The lowest BCUT2D eigenvalue weighted by atomic mass is 9.86. The maximum absolute atomic E-state index is 12.4. The number of nitrogens with one attached hydrogen (secondary N) is 3. The molecule has 1 aliphatic rings. The molecule has 3 aromatic rings. The highest BCUT2D eigenvalue weighted by molar-refractivity contribution is 7.92. The van der Waals surface area contributed by atoms with E-state index in [2.05, 4.69) is 41.8 Å². The third-order valence-electron chi connectivity index (χ3n) is 5.45. The van der Waals surface area contributed by atoms with Gasteiger partial charge in [0.15, 0.2) is 5.82 Å². The van der Waals surface area contributed by atoms with Gasteiger partial charge in [-0.15, -0.1) is 0 Å². The molecule has 10 heteroatoms. The lowest BCUT2D eigenvalue weighted by molar-refractivity contribution is 0.341. The Bertz CT molecular complexity index is 1050. The lowest BCUT2D eigenvalue weighted by Gasteiger charge is -2.35. The van der Waals surface area contributed by atoms with E-state index in [0.717, 1.165) is 48.2 Å². The third kappa shape index (κ3) is 3.96. The number of sulfonamides is 1. The predicted octanol–water partition coefficient (Wildman–Crippen LogP) is 2.43. The average molecular weight is 404 g/mol. The number of anilines is 2. The van der Waals surface area contributed by atoms with Crippen molar-refractivity contribution in [3.63, 3.8) is 0 Å². The molecular formula is C18H25N7O2S. The first-order chi connectivity index (χ1) is 13.4. The summed E-state index contributed by atoms with van der Waals surface area (Å²) >= 11 is 0. The van der Waals surface area contributed by atoms with Crippen molar-refractivity contribution in [2.75, 3.05) is 22.4 Å². The van der Waals surface area contributed by atoms with Crippen LogP contribution in [-0.4, -0.2) is 52.4 Å². The van der Waals surface area contributed by atoms with Gasteiger partial charge in [0, 0.05) is 31.0 Å². The van der Waals surface area contributed by atoms with Gasteiger partial charge in [-0.1, -0.05) is 0 Å². The van der Waals surface area contributed by atoms with Crippen molar-refractivity contribution in [1.82, 2.24) is 25.1 Å². The Morgan fingerprint density at radius 2 is 2.04 bits per heavy atom. The van der Waals surface area contributed by atoms with Crippen LogP contribution in [0, 0.1) is 12.8 Å². The summed E-state index contributed by atoms with van der Waals surface area (Å²) in [6.07, 6.45) is 7.06. The van der Waals surface area contributed by atoms with Crippen molar-refractivity contribution in [1.29, 1.82) is 0 Å². The molecule has 0 radical (unpaired) electrons. The molecule has 0 aromatic carbocycles. The van der Waals surface area contributed by atoms with E-state index in [9.17, 15) is 8.42 Å². The summed E-state index contributed by atoms with van der Waals surface area (Å²) in [6.45, 7) is 1.83. The van der Waals surface area contributed by atoms with E-state index >= 15 is 0 Å². The van der Waals surface area contributed by atoms with Crippen LogP contribution < -0.4 is 9.62 Å². The fourth-order valence-corrected chi connectivity index (χ4v) is 5.45. The van der Waals surface area contributed by atoms with Gasteiger partial charge in [0.05, 0.1) is 11.1 Å². The monoisotopic (exact) mass is 403 g/mol. The molecule has 0 saturated heterocycles. The van der Waals surface area contributed by atoms with E-state index < -0.39 is 10.0 Å². The summed E-state index contributed by atoms with van der Waals surface area (Å²) in [4.78, 5) is 14.0. The molecule has 28 heavy (non-hydrogen) atoms. The number of hydrogen-bond donors (Lipinski definition) is 3. The van der Waals surface area contributed by atoms with Gasteiger partial charge in [-0.25, -0.2) is 18.4 Å². The molecule has 0 aliphatic heterocycles. The standard InChI is InChI=1S/C18H25N7O2S/c1-12-9-16(23-22-12)24-28(26,27)10-13-3-5-14(6-4-13)25(2)18-15-7-8-19-17(15)20-11-21-18/h7-9,11,13-14H,3-6,10H2,1-2H3,(H,19,20,21)(H2,22,23,24)/t13-,14-. The predicted molar refractivity (Wildman–Crippen MR) is 109 cm³/mol. The van der Waals surface area contributed by atoms with Gasteiger partial charge in [0.25, 0.3) is 0 Å². The van der Waals surface area contributed by atoms with Crippen LogP contribution in [0.3, 0.4) is 0 Å². The molecule has 150 valence electrons. The highest BCUT2D eigenvalue weighted by Gasteiger charge is 2.29. The number of aryl methyl sites for hydroxylation is 1. The minimum absolute atomic E-state index is 0.130. The van der Waals surface area contributed by atoms with Gasteiger partial charge < -0.3 is 9.88 Å². The molecule has 1 saturated carbocycles. The SMILES string of the molecule is Cc1cc(NS(=O)(=O)C[C@H]2CC[C@H](N(C)c3ncnc4[nH]ccc34)CC2)n[nH]1. The zero-order valence-corrected chi connectivity index (χ0v) is 16.8. The number of hydrogen-bond acceptors (Lipinski definition) is 6. The van der Waals surface area contributed by atoms with Crippen LogP contribution in [0.25, 0.3) is 11.0 Å². The zero-order valence-electron chi connectivity index (χ0n) is 16.0. The number of rotatable bonds is 6. The third-order valence-corrected chi connectivity index (χ3v) is 6.88. The van der Waals surface area contributed by atoms with Crippen LogP contribution in [0.2, 0.25) is 0 Å². The maximum atomic E-state index is 12.4. The number of fused-ring (bicyclic) bond motifs is 1. The highest BCUT2D eigenvalue weighted by atomic mass is 32.2. The molecule has 3 N–H and O–H groups in total. The van der Waals surface area contributed by atoms with Gasteiger partial charge >= 0.3 is 0 Å². The van der Waals surface area contributed by atoms with Gasteiger partial charge in [-0.2, -0.15) is 5.10 Å². The fraction of sp³-hybridized carbons (Fsp3) is 0.500. The summed E-state index contributed by atoms with van der Waals surface area (Å²) < 4.78 is 27.4. The summed E-state index contributed by atoms with van der Waals surface area (Å²) in [5, 5.41) is 7.70. The number of aromatic amines is 2. The molecule has 1 fully saturated rings. The second-order valence-corrected chi connectivity index (χ2v) is 9.31. The quantitative estimate of drug-likeness (QED) is 0.581. The molecule has 0 unspecified atom stereocenters. The second-order valence-electron chi connectivity index (χ2n) is 7.54. The van der Waals surface area contributed by atoms with Crippen LogP contribution in [0.1, 0.15) is 31.4 Å². The van der Waals surface area contributed by atoms with E-state index in [0.29, 0.717) is 11.9 Å². The largest absolute Gasteiger partial charge is 0.356 e. The molecule has 3 heterocycles. The minimum Gasteiger partial charge on any atom is -0.356 e. The highest BCUT2D eigenvalue weighted by Crippen LogP contribution is 2.32. The van der Waals surface area contributed by atoms with Gasteiger partial charge in [0.2, 0.25) is 10.0 Å². The van der Waals surface area contributed by atoms with E-state index in [-0.39, 0.29) is 11.7 Å². The summed E-state index contributed by atoms with van der Waals surface area (Å²) in [6, 6.07) is 4.02. The van der Waals surface area contributed by atoms with Crippen LogP contribution in [-0.2, 0) is 10.0 Å². The Labute approximate surface area is 164 Å². The van der Waals surface area contributed by atoms with Gasteiger partial charge in [-0.05, 0) is 44.6 Å². The molecule has 4 rings (SSSR count). The summed E-state index contributed by atoms with van der Waals surface area (Å²) in [5.41, 5.74) is 1.65. The number of H-pyrrole nitrogens is 2. The molecule has 9 nitrogen and oxygen atoms in total. The Morgan fingerprint density at radius 3 is 2.75 bits per heavy atom. The number of nitrogens with zero attached hydrogens (tertiary/aromatic N) is 4. The molecule has 0 spiro atoms. The van der Waals surface area contributed by atoms with Crippen LogP contribution >= 0.6 is 0 Å². The van der Waals surface area contributed by atoms with E-state index in [4.69, 9.17) is 0 Å². The first-order valence-electron chi connectivity index (χ1n) is 9.45. The normalized spacial score (nSPS) is 20.4. The maximum Gasteiger partial charge on any atom is 0.234 e. The molecule has 0 amide bonds. The molecule has 0 atom stereocenters. The van der Waals surface area contributed by atoms with Crippen molar-refractivity contribution < 1.29 is 8.42 Å². The van der Waals surface area contributed by atoms with Crippen LogP contribution in [0.5, 0.6) is 0 Å². The van der Waals surface area contributed by atoms with E-state index in [1.807, 2.05) is 19.2 Å². The van der Waals surface area contributed by atoms with Crippen molar-refractivity contribution in [3.8, 4) is 0 Å². The number of aromatic nitrogens is 5. The molecule has 3 aromatic heterocycles. The van der Waals surface area contributed by atoms with E-state index in [1.165, 1.54) is 0 Å². The Kier molecular flexibility index (Phi) is 4.96. The Hall–Kier alpha value is -2.62. The zero-order chi connectivity index (χ0) is 19.7. The first-order valence-corrected chi connectivity index (χ1v) is 11.1. The van der Waals surface area contributed by atoms with Crippen molar-refractivity contribution in [3.05, 3.63) is 30.4 Å². The minimum atomic E-state index is -3.40. The van der Waals surface area contributed by atoms with Crippen molar-refractivity contribution in [2.45, 2.75) is 38.6 Å². The van der Waals surface area contributed by atoms with Crippen molar-refractivity contribution in [2.24, 2.45) is 5.92 Å². The van der Waals surface area contributed by atoms with Crippen LogP contribution in [0.4, 0.5) is 11.6 Å². The molecular weight excluding hydrogens is 378 g/mol. The summed E-state index contributed by atoms with van der Waals surface area (Å²) in [7, 11) is -1.35.